The van der Waals surface area contributed by atoms with Gasteiger partial charge >= 0.3 is 6.18 Å². The van der Waals surface area contributed by atoms with Gasteiger partial charge in [0.05, 0.1) is 28.5 Å². The molecule has 1 N–H and O–H groups in total. The monoisotopic (exact) mass is 384 g/mol. The second-order valence-electron chi connectivity index (χ2n) is 6.28. The third-order valence-electron chi connectivity index (χ3n) is 4.37. The van der Waals surface area contributed by atoms with Gasteiger partial charge in [0, 0.05) is 31.7 Å². The number of halogens is 4. The summed E-state index contributed by atoms with van der Waals surface area (Å²) < 4.78 is 39.7. The molecule has 0 atom stereocenters. The Morgan fingerprint density at radius 1 is 1.19 bits per heavy atom. The van der Waals surface area contributed by atoms with Gasteiger partial charge < -0.3 is 10.2 Å². The van der Waals surface area contributed by atoms with Crippen molar-refractivity contribution in [2.24, 2.45) is 15.1 Å². The zero-order valence-corrected chi connectivity index (χ0v) is 14.7. The van der Waals surface area contributed by atoms with Gasteiger partial charge in [0.2, 0.25) is 5.96 Å². The second-order valence-corrected chi connectivity index (χ2v) is 6.69. The predicted octanol–water partition coefficient (Wildman–Crippen LogP) is 2.70. The van der Waals surface area contributed by atoms with Gasteiger partial charge in [0.15, 0.2) is 5.84 Å². The summed E-state index contributed by atoms with van der Waals surface area (Å²) in [6.07, 6.45) is -4.54. The Hall–Kier alpha value is -2.13. The number of fused-ring (bicyclic) bond motifs is 3. The first-order valence-corrected chi connectivity index (χ1v) is 8.56. The molecule has 6 nitrogen and oxygen atoms in total. The molecule has 26 heavy (non-hydrogen) atoms. The third-order valence-corrected chi connectivity index (χ3v) is 4.68. The maximum Gasteiger partial charge on any atom is 0.417 e. The van der Waals surface area contributed by atoms with E-state index in [9.17, 15) is 13.2 Å². The van der Waals surface area contributed by atoms with Crippen molar-refractivity contribution in [3.05, 3.63) is 28.3 Å². The molecule has 1 aromatic carbocycles. The summed E-state index contributed by atoms with van der Waals surface area (Å²) in [5.41, 5.74) is 0.571. The fraction of sp³-hybridized carbons (Fsp3) is 0.438. The van der Waals surface area contributed by atoms with Crippen LogP contribution in [0.4, 0.5) is 18.9 Å². The molecule has 0 spiro atoms. The predicted molar refractivity (Wildman–Crippen MR) is 94.3 cm³/mol. The number of nitrogens with one attached hydrogen (secondary N) is 1. The number of hydrazone groups is 1. The lowest BCUT2D eigenvalue weighted by molar-refractivity contribution is -0.137. The van der Waals surface area contributed by atoms with Crippen LogP contribution >= 0.6 is 11.6 Å². The van der Waals surface area contributed by atoms with Crippen LogP contribution in [0.1, 0.15) is 18.1 Å². The number of hydrogen-bond acceptors (Lipinski definition) is 6. The lowest BCUT2D eigenvalue weighted by atomic mass is 10.1. The van der Waals surface area contributed by atoms with Crippen LogP contribution in [-0.2, 0) is 6.18 Å². The highest BCUT2D eigenvalue weighted by Gasteiger charge is 2.38. The van der Waals surface area contributed by atoms with Gasteiger partial charge in [-0.25, -0.2) is 4.99 Å². The van der Waals surface area contributed by atoms with Crippen LogP contribution in [0.15, 0.2) is 27.2 Å². The molecule has 0 amide bonds. The number of hydrogen-bond donors (Lipinski definition) is 1. The fourth-order valence-electron chi connectivity index (χ4n) is 3.12. The van der Waals surface area contributed by atoms with E-state index >= 15 is 0 Å². The molecule has 0 aromatic heterocycles. The lowest BCUT2D eigenvalue weighted by Crippen LogP contribution is -2.54. The van der Waals surface area contributed by atoms with Crippen molar-refractivity contribution in [2.75, 3.05) is 32.7 Å². The molecular formula is C16H16ClF3N6. The molecular weight excluding hydrogens is 369 g/mol. The Balaban J connectivity index is 1.87. The van der Waals surface area contributed by atoms with Crippen molar-refractivity contribution in [1.82, 2.24) is 15.2 Å². The van der Waals surface area contributed by atoms with Crippen LogP contribution in [0.3, 0.4) is 0 Å². The zero-order chi connectivity index (χ0) is 18.5. The van der Waals surface area contributed by atoms with Gasteiger partial charge in [-0.3, -0.25) is 4.99 Å². The highest BCUT2D eigenvalue weighted by molar-refractivity contribution is 6.32. The van der Waals surface area contributed by atoms with Crippen LogP contribution in [0.2, 0.25) is 5.02 Å². The van der Waals surface area contributed by atoms with Crippen molar-refractivity contribution >= 4 is 34.8 Å². The molecule has 0 aliphatic carbocycles. The topological polar surface area (TPSA) is 55.6 Å². The Morgan fingerprint density at radius 3 is 2.62 bits per heavy atom. The average molecular weight is 385 g/mol. The summed E-state index contributed by atoms with van der Waals surface area (Å²) >= 11 is 5.89. The fourth-order valence-corrected chi connectivity index (χ4v) is 3.39. The van der Waals surface area contributed by atoms with E-state index in [4.69, 9.17) is 11.6 Å². The summed E-state index contributed by atoms with van der Waals surface area (Å²) in [4.78, 5) is 11.0. The molecule has 3 heterocycles. The standard InChI is InChI=1S/C16H16ClF3N6/c1-9-8-22-14-10-6-12(17)11(16(18,19)20)7-13(10)23-15(26(14)24-9)25-4-2-21-3-5-25/h6-7,21H,2-5,8H2,1H3. The van der Waals surface area contributed by atoms with Gasteiger partial charge in [-0.2, -0.15) is 23.3 Å². The molecule has 0 unspecified atom stereocenters. The van der Waals surface area contributed by atoms with Crippen LogP contribution in [-0.4, -0.2) is 60.1 Å². The lowest BCUT2D eigenvalue weighted by Gasteiger charge is -2.38. The van der Waals surface area contributed by atoms with Crippen molar-refractivity contribution in [2.45, 2.75) is 13.1 Å². The number of alkyl halides is 3. The minimum absolute atomic E-state index is 0.208. The highest BCUT2D eigenvalue weighted by Crippen LogP contribution is 2.40. The smallest absolute Gasteiger partial charge is 0.338 e. The van der Waals surface area contributed by atoms with E-state index in [1.54, 1.807) is 5.01 Å². The Labute approximate surface area is 153 Å². The molecule has 1 fully saturated rings. The number of benzene rings is 1. The second kappa shape index (κ2) is 6.24. The molecule has 10 heteroatoms. The largest absolute Gasteiger partial charge is 0.417 e. The van der Waals surface area contributed by atoms with Crippen molar-refractivity contribution < 1.29 is 13.2 Å². The van der Waals surface area contributed by atoms with Crippen LogP contribution in [0.5, 0.6) is 0 Å². The summed E-state index contributed by atoms with van der Waals surface area (Å²) in [6, 6.07) is 2.27. The van der Waals surface area contributed by atoms with E-state index in [1.807, 2.05) is 11.8 Å². The molecule has 4 rings (SSSR count). The Kier molecular flexibility index (Phi) is 4.15. The maximum atomic E-state index is 13.2. The first-order chi connectivity index (χ1) is 12.3. The van der Waals surface area contributed by atoms with E-state index in [-0.39, 0.29) is 10.7 Å². The van der Waals surface area contributed by atoms with E-state index in [2.05, 4.69) is 20.4 Å². The minimum atomic E-state index is -4.54. The highest BCUT2D eigenvalue weighted by atomic mass is 35.5. The van der Waals surface area contributed by atoms with Crippen LogP contribution in [0, 0.1) is 0 Å². The summed E-state index contributed by atoms with van der Waals surface area (Å²) in [7, 11) is 0. The SMILES string of the molecule is CC1=NN2C(=NC1)c1cc(Cl)c(C(F)(F)F)cc1N=C2N1CCNCC1. The molecule has 0 bridgehead atoms. The first-order valence-electron chi connectivity index (χ1n) is 8.19. The number of amidine groups is 1. The average Bonchev–Trinajstić information content (AvgIpc) is 2.60. The number of rotatable bonds is 0. The zero-order valence-electron chi connectivity index (χ0n) is 13.9. The number of guanidine groups is 1. The van der Waals surface area contributed by atoms with Gasteiger partial charge in [-0.1, -0.05) is 11.6 Å². The van der Waals surface area contributed by atoms with Crippen LogP contribution < -0.4 is 5.32 Å². The molecule has 3 aliphatic heterocycles. The Bertz CT molecular complexity index is 839. The minimum Gasteiger partial charge on any atom is -0.338 e. The number of nitrogens with zero attached hydrogens (tertiary/aromatic N) is 5. The van der Waals surface area contributed by atoms with E-state index < -0.39 is 11.7 Å². The third kappa shape index (κ3) is 2.95. The van der Waals surface area contributed by atoms with Crippen molar-refractivity contribution in [1.29, 1.82) is 0 Å². The van der Waals surface area contributed by atoms with Gasteiger partial charge in [-0.05, 0) is 19.1 Å². The molecule has 1 saturated heterocycles. The van der Waals surface area contributed by atoms with E-state index in [1.165, 1.54) is 6.07 Å². The summed E-state index contributed by atoms with van der Waals surface area (Å²) in [5.74, 6) is 0.969. The normalized spacial score (nSPS) is 20.1. The van der Waals surface area contributed by atoms with E-state index in [0.717, 1.165) is 24.9 Å². The van der Waals surface area contributed by atoms with Crippen molar-refractivity contribution in [3.63, 3.8) is 0 Å². The quantitative estimate of drug-likeness (QED) is 0.748. The molecule has 1 aromatic rings. The first kappa shape index (κ1) is 17.3. The number of aliphatic imine (C=N–C) groups is 2. The van der Waals surface area contributed by atoms with Crippen molar-refractivity contribution in [3.8, 4) is 0 Å². The van der Waals surface area contributed by atoms with Gasteiger partial charge in [0.25, 0.3) is 0 Å². The molecule has 138 valence electrons. The van der Waals surface area contributed by atoms with E-state index in [0.29, 0.717) is 37.0 Å². The molecule has 0 radical (unpaired) electrons. The van der Waals surface area contributed by atoms with Crippen LogP contribution in [0.25, 0.3) is 0 Å². The van der Waals surface area contributed by atoms with Gasteiger partial charge in [-0.15, -0.1) is 0 Å². The summed E-state index contributed by atoms with van der Waals surface area (Å²) in [6.45, 7) is 5.15. The van der Waals surface area contributed by atoms with Gasteiger partial charge in [0.1, 0.15) is 0 Å². The number of piperazine rings is 1. The molecule has 0 saturated carbocycles. The summed E-state index contributed by atoms with van der Waals surface area (Å²) in [5, 5.41) is 9.00. The molecule has 3 aliphatic rings. The Morgan fingerprint density at radius 2 is 1.92 bits per heavy atom. The maximum absolute atomic E-state index is 13.2.